The van der Waals surface area contributed by atoms with Gasteiger partial charge in [0.25, 0.3) is 5.91 Å². The van der Waals surface area contributed by atoms with Gasteiger partial charge in [0.15, 0.2) is 0 Å². The van der Waals surface area contributed by atoms with E-state index in [1.807, 2.05) is 18.7 Å². The van der Waals surface area contributed by atoms with Gasteiger partial charge in [-0.15, -0.1) is 0 Å². The van der Waals surface area contributed by atoms with E-state index in [0.29, 0.717) is 5.69 Å². The van der Waals surface area contributed by atoms with Gasteiger partial charge in [0, 0.05) is 25.0 Å². The van der Waals surface area contributed by atoms with Gasteiger partial charge in [-0.1, -0.05) is 5.16 Å². The Kier molecular flexibility index (Phi) is 4.70. The highest BCUT2D eigenvalue weighted by atomic mass is 16.5. The Morgan fingerprint density at radius 1 is 1.33 bits per heavy atom. The summed E-state index contributed by atoms with van der Waals surface area (Å²) in [5.41, 5.74) is 3.96. The maximum Gasteiger partial charge on any atom is 0.272 e. The number of aromatic amines is 1. The van der Waals surface area contributed by atoms with E-state index in [1.54, 1.807) is 24.7 Å². The molecule has 0 saturated carbocycles. The molecule has 3 aromatic rings. The Morgan fingerprint density at radius 2 is 2.22 bits per heavy atom. The number of H-pyrrole nitrogens is 1. The zero-order valence-electron chi connectivity index (χ0n) is 15.5. The fourth-order valence-electron chi connectivity index (χ4n) is 3.71. The fourth-order valence-corrected chi connectivity index (χ4v) is 3.71. The number of hydrogen-bond donors (Lipinski definition) is 1. The van der Waals surface area contributed by atoms with E-state index < -0.39 is 0 Å². The van der Waals surface area contributed by atoms with Crippen LogP contribution in [0.1, 0.15) is 46.9 Å². The number of likely N-dealkylation sites (tertiary alicyclic amines) is 1. The third-order valence-corrected chi connectivity index (χ3v) is 5.10. The Morgan fingerprint density at radius 3 is 2.89 bits per heavy atom. The minimum atomic E-state index is 0.0230. The van der Waals surface area contributed by atoms with Crippen LogP contribution in [0.3, 0.4) is 0 Å². The molecule has 0 bridgehead atoms. The largest absolute Gasteiger partial charge is 0.361 e. The minimum Gasteiger partial charge on any atom is -0.361 e. The highest BCUT2D eigenvalue weighted by Gasteiger charge is 2.29. The fraction of sp³-hybridized carbons (Fsp3) is 0.421. The van der Waals surface area contributed by atoms with E-state index in [2.05, 4.69) is 25.3 Å². The number of aryl methyl sites for hydroxylation is 3. The maximum atomic E-state index is 12.6. The van der Waals surface area contributed by atoms with Gasteiger partial charge < -0.3 is 9.42 Å². The molecule has 1 saturated heterocycles. The lowest BCUT2D eigenvalue weighted by Gasteiger charge is -2.24. The van der Waals surface area contributed by atoms with Crippen molar-refractivity contribution in [2.45, 2.75) is 45.6 Å². The average Bonchev–Trinajstić information content (AvgIpc) is 3.42. The van der Waals surface area contributed by atoms with E-state index in [9.17, 15) is 4.79 Å². The second kappa shape index (κ2) is 7.30. The second-order valence-electron chi connectivity index (χ2n) is 6.90. The van der Waals surface area contributed by atoms with Crippen molar-refractivity contribution >= 4 is 5.91 Å². The molecule has 4 heterocycles. The molecule has 0 spiro atoms. The molecule has 1 atom stereocenters. The van der Waals surface area contributed by atoms with Gasteiger partial charge >= 0.3 is 0 Å². The summed E-state index contributed by atoms with van der Waals surface area (Å²) in [6.45, 7) is 4.56. The van der Waals surface area contributed by atoms with Crippen molar-refractivity contribution in [2.24, 2.45) is 0 Å². The van der Waals surface area contributed by atoms with Crippen LogP contribution in [0.4, 0.5) is 0 Å². The molecular weight excluding hydrogens is 344 g/mol. The lowest BCUT2D eigenvalue weighted by Crippen LogP contribution is -2.36. The molecule has 140 valence electrons. The lowest BCUT2D eigenvalue weighted by atomic mass is 10.1. The summed E-state index contributed by atoms with van der Waals surface area (Å²) in [6.07, 6.45) is 8.88. The summed E-state index contributed by atoms with van der Waals surface area (Å²) in [4.78, 5) is 23.6. The third kappa shape index (κ3) is 3.47. The second-order valence-corrected chi connectivity index (χ2v) is 6.90. The Balaban J connectivity index is 1.40. The molecule has 1 amide bonds. The molecule has 0 aliphatic carbocycles. The van der Waals surface area contributed by atoms with Gasteiger partial charge in [-0.05, 0) is 45.6 Å². The van der Waals surface area contributed by atoms with Crippen LogP contribution in [-0.4, -0.2) is 48.7 Å². The van der Waals surface area contributed by atoms with E-state index in [0.717, 1.165) is 60.6 Å². The molecule has 8 heteroatoms. The van der Waals surface area contributed by atoms with E-state index >= 15 is 0 Å². The molecule has 3 aromatic heterocycles. The molecule has 1 fully saturated rings. The van der Waals surface area contributed by atoms with Crippen LogP contribution >= 0.6 is 0 Å². The SMILES string of the molecule is Cc1noc(C)c1-c1cnc(CCC2CCCN2C(=O)c2ccn[nH]2)cn1. The number of rotatable bonds is 5. The Hall–Kier alpha value is -3.03. The van der Waals surface area contributed by atoms with Crippen LogP contribution in [0.25, 0.3) is 11.3 Å². The van der Waals surface area contributed by atoms with Crippen molar-refractivity contribution in [1.82, 2.24) is 30.2 Å². The van der Waals surface area contributed by atoms with Crippen molar-refractivity contribution < 1.29 is 9.32 Å². The zero-order chi connectivity index (χ0) is 18.8. The third-order valence-electron chi connectivity index (χ3n) is 5.10. The number of amides is 1. The summed E-state index contributed by atoms with van der Waals surface area (Å²) in [5, 5.41) is 10.6. The highest BCUT2D eigenvalue weighted by molar-refractivity contribution is 5.92. The number of carbonyl (C=O) groups is 1. The molecule has 0 aromatic carbocycles. The molecule has 4 rings (SSSR count). The molecular formula is C19H22N6O2. The number of carbonyl (C=O) groups excluding carboxylic acids is 1. The molecule has 8 nitrogen and oxygen atoms in total. The van der Waals surface area contributed by atoms with Crippen molar-refractivity contribution in [3.63, 3.8) is 0 Å². The van der Waals surface area contributed by atoms with Gasteiger partial charge in [-0.25, -0.2) is 0 Å². The van der Waals surface area contributed by atoms with Gasteiger partial charge in [-0.3, -0.25) is 19.9 Å². The average molecular weight is 366 g/mol. The van der Waals surface area contributed by atoms with Crippen LogP contribution < -0.4 is 0 Å². The Labute approximate surface area is 157 Å². The maximum absolute atomic E-state index is 12.6. The van der Waals surface area contributed by atoms with Crippen molar-refractivity contribution in [2.75, 3.05) is 6.54 Å². The lowest BCUT2D eigenvalue weighted by molar-refractivity contribution is 0.0724. The standard InChI is InChI=1S/C19H22N6O2/c1-12-18(13(2)27-24-12)17-11-20-14(10-21-17)5-6-15-4-3-9-25(15)19(26)16-7-8-22-23-16/h7-8,10-11,15H,3-6,9H2,1-2H3,(H,22,23). The van der Waals surface area contributed by atoms with Gasteiger partial charge in [0.05, 0.1) is 28.8 Å². The molecule has 27 heavy (non-hydrogen) atoms. The summed E-state index contributed by atoms with van der Waals surface area (Å²) in [5.74, 6) is 0.767. The summed E-state index contributed by atoms with van der Waals surface area (Å²) < 4.78 is 5.20. The van der Waals surface area contributed by atoms with Crippen LogP contribution in [0.5, 0.6) is 0 Å². The summed E-state index contributed by atoms with van der Waals surface area (Å²) >= 11 is 0. The van der Waals surface area contributed by atoms with Gasteiger partial charge in [0.1, 0.15) is 11.5 Å². The van der Waals surface area contributed by atoms with E-state index in [4.69, 9.17) is 4.52 Å². The molecule has 0 radical (unpaired) electrons. The number of aromatic nitrogens is 5. The monoisotopic (exact) mass is 366 g/mol. The van der Waals surface area contributed by atoms with Crippen molar-refractivity contribution in [1.29, 1.82) is 0 Å². The summed E-state index contributed by atoms with van der Waals surface area (Å²) in [6, 6.07) is 1.95. The first kappa shape index (κ1) is 17.4. The first-order valence-corrected chi connectivity index (χ1v) is 9.18. The van der Waals surface area contributed by atoms with Crippen LogP contribution in [0, 0.1) is 13.8 Å². The molecule has 1 aliphatic rings. The highest BCUT2D eigenvalue weighted by Crippen LogP contribution is 2.25. The number of hydrogen-bond acceptors (Lipinski definition) is 6. The smallest absolute Gasteiger partial charge is 0.272 e. The minimum absolute atomic E-state index is 0.0230. The van der Waals surface area contributed by atoms with Crippen LogP contribution in [0.15, 0.2) is 29.2 Å². The Bertz CT molecular complexity index is 897. The van der Waals surface area contributed by atoms with E-state index in [1.165, 1.54) is 0 Å². The van der Waals surface area contributed by atoms with Gasteiger partial charge in [0.2, 0.25) is 0 Å². The van der Waals surface area contributed by atoms with E-state index in [-0.39, 0.29) is 11.9 Å². The molecule has 1 N–H and O–H groups in total. The zero-order valence-corrected chi connectivity index (χ0v) is 15.5. The normalized spacial score (nSPS) is 16.8. The van der Waals surface area contributed by atoms with Crippen LogP contribution in [-0.2, 0) is 6.42 Å². The number of nitrogens with zero attached hydrogens (tertiary/aromatic N) is 5. The van der Waals surface area contributed by atoms with Crippen molar-refractivity contribution in [3.05, 3.63) is 47.5 Å². The predicted octanol–water partition coefficient (Wildman–Crippen LogP) is 2.71. The first-order chi connectivity index (χ1) is 13.1. The quantitative estimate of drug-likeness (QED) is 0.745. The van der Waals surface area contributed by atoms with Gasteiger partial charge in [-0.2, -0.15) is 5.10 Å². The first-order valence-electron chi connectivity index (χ1n) is 9.18. The van der Waals surface area contributed by atoms with Crippen LogP contribution in [0.2, 0.25) is 0 Å². The topological polar surface area (TPSA) is 101 Å². The molecule has 1 aliphatic heterocycles. The molecule has 1 unspecified atom stereocenters. The number of nitrogens with one attached hydrogen (secondary N) is 1. The predicted molar refractivity (Wildman–Crippen MR) is 98.0 cm³/mol. The van der Waals surface area contributed by atoms with Crippen molar-refractivity contribution in [3.8, 4) is 11.3 Å². The summed E-state index contributed by atoms with van der Waals surface area (Å²) in [7, 11) is 0.